The summed E-state index contributed by atoms with van der Waals surface area (Å²) in [6, 6.07) is 3.96. The van der Waals surface area contributed by atoms with Gasteiger partial charge in [-0.2, -0.15) is 0 Å². The lowest BCUT2D eigenvalue weighted by molar-refractivity contribution is -0.140. The van der Waals surface area contributed by atoms with Crippen LogP contribution in [0.5, 0.6) is 0 Å². The number of carbonyl (C=O) groups excluding carboxylic acids is 1. The molecule has 0 aromatic carbocycles. The first-order valence-corrected chi connectivity index (χ1v) is 8.74. The Bertz CT molecular complexity index is 496. The second-order valence-electron chi connectivity index (χ2n) is 7.10. The molecule has 0 bridgehead atoms. The van der Waals surface area contributed by atoms with Crippen LogP contribution in [0.2, 0.25) is 0 Å². The van der Waals surface area contributed by atoms with E-state index in [1.807, 2.05) is 12.1 Å². The summed E-state index contributed by atoms with van der Waals surface area (Å²) in [6.45, 7) is 4.33. The second kappa shape index (κ2) is 7.49. The molecule has 0 unspecified atom stereocenters. The molecule has 5 nitrogen and oxygen atoms in total. The van der Waals surface area contributed by atoms with Crippen molar-refractivity contribution in [3.8, 4) is 0 Å². The van der Waals surface area contributed by atoms with Crippen LogP contribution in [0.15, 0.2) is 22.8 Å². The number of likely N-dealkylation sites (tertiary alicyclic amines) is 1. The summed E-state index contributed by atoms with van der Waals surface area (Å²) in [6.07, 6.45) is 7.16. The van der Waals surface area contributed by atoms with Crippen LogP contribution in [-0.4, -0.2) is 44.2 Å². The number of hydrogen-bond acceptors (Lipinski definition) is 4. The molecule has 1 saturated carbocycles. The van der Waals surface area contributed by atoms with E-state index in [1.54, 1.807) is 13.4 Å². The largest absolute Gasteiger partial charge is 0.468 e. The molecule has 1 N–H and O–H groups in total. The van der Waals surface area contributed by atoms with Crippen LogP contribution in [0, 0.1) is 11.3 Å². The topological polar surface area (TPSA) is 54.7 Å². The molecule has 1 aliphatic carbocycles. The fraction of sp³-hybridized carbons (Fsp3) is 0.722. The zero-order chi connectivity index (χ0) is 16.1. The number of nitrogens with one attached hydrogen (secondary N) is 1. The number of rotatable bonds is 7. The molecule has 2 heterocycles. The Morgan fingerprint density at radius 3 is 3.00 bits per heavy atom. The Morgan fingerprint density at radius 2 is 2.35 bits per heavy atom. The predicted octanol–water partition coefficient (Wildman–Crippen LogP) is 2.42. The molecule has 3 rings (SSSR count). The molecule has 0 spiro atoms. The van der Waals surface area contributed by atoms with E-state index in [-0.39, 0.29) is 11.3 Å². The summed E-state index contributed by atoms with van der Waals surface area (Å²) >= 11 is 0. The van der Waals surface area contributed by atoms with Crippen molar-refractivity contribution < 1.29 is 13.9 Å². The number of hydrogen-bond donors (Lipinski definition) is 1. The Hall–Kier alpha value is -1.33. The molecule has 128 valence electrons. The number of nitrogens with zero attached hydrogens (tertiary/aromatic N) is 1. The summed E-state index contributed by atoms with van der Waals surface area (Å²) in [5, 5.41) is 3.19. The summed E-state index contributed by atoms with van der Waals surface area (Å²) in [4.78, 5) is 14.9. The molecule has 1 atom stereocenters. The molecular weight excluding hydrogens is 292 g/mol. The first-order chi connectivity index (χ1) is 11.2. The van der Waals surface area contributed by atoms with E-state index in [0.717, 1.165) is 51.2 Å². The van der Waals surface area contributed by atoms with Gasteiger partial charge in [-0.3, -0.25) is 9.69 Å². The lowest BCUT2D eigenvalue weighted by Gasteiger charge is -2.40. The number of amides is 1. The highest BCUT2D eigenvalue weighted by atomic mass is 16.5. The van der Waals surface area contributed by atoms with Gasteiger partial charge in [0.05, 0.1) is 24.8 Å². The average Bonchev–Trinajstić information content (AvgIpc) is 3.02. The number of methoxy groups -OCH3 is 1. The van der Waals surface area contributed by atoms with E-state index in [0.29, 0.717) is 12.5 Å². The second-order valence-corrected chi connectivity index (χ2v) is 7.10. The molecule has 2 aliphatic rings. The Balaban J connectivity index is 1.45. The van der Waals surface area contributed by atoms with Gasteiger partial charge in [0.25, 0.3) is 0 Å². The van der Waals surface area contributed by atoms with Gasteiger partial charge in [0.1, 0.15) is 5.76 Å². The van der Waals surface area contributed by atoms with Crippen molar-refractivity contribution in [3.63, 3.8) is 0 Å². The van der Waals surface area contributed by atoms with Gasteiger partial charge >= 0.3 is 0 Å². The third-order valence-electron chi connectivity index (χ3n) is 5.33. The summed E-state index contributed by atoms with van der Waals surface area (Å²) in [7, 11) is 1.68. The van der Waals surface area contributed by atoms with Crippen LogP contribution in [-0.2, 0) is 16.1 Å². The Labute approximate surface area is 138 Å². The molecular formula is C18H28N2O3. The SMILES string of the molecule is COCC1(C(=O)NC[C@H]2CCCN(Cc3ccco3)C2)CCC1. The minimum Gasteiger partial charge on any atom is -0.468 e. The first kappa shape index (κ1) is 16.5. The highest BCUT2D eigenvalue weighted by Crippen LogP contribution is 2.41. The van der Waals surface area contributed by atoms with Crippen molar-refractivity contribution in [2.75, 3.05) is 33.4 Å². The number of carbonyl (C=O) groups is 1. The van der Waals surface area contributed by atoms with Crippen LogP contribution in [0.1, 0.15) is 37.9 Å². The number of ether oxygens (including phenoxy) is 1. The molecule has 5 heteroatoms. The van der Waals surface area contributed by atoms with E-state index in [1.165, 1.54) is 12.8 Å². The maximum absolute atomic E-state index is 12.5. The zero-order valence-electron chi connectivity index (χ0n) is 14.1. The number of furan rings is 1. The molecule has 23 heavy (non-hydrogen) atoms. The Morgan fingerprint density at radius 1 is 1.48 bits per heavy atom. The van der Waals surface area contributed by atoms with Gasteiger partial charge in [-0.1, -0.05) is 6.42 Å². The normalized spacial score (nSPS) is 24.1. The number of piperidine rings is 1. The van der Waals surface area contributed by atoms with Gasteiger partial charge in [-0.25, -0.2) is 0 Å². The highest BCUT2D eigenvalue weighted by Gasteiger charge is 2.44. The van der Waals surface area contributed by atoms with Gasteiger partial charge in [-0.15, -0.1) is 0 Å². The van der Waals surface area contributed by atoms with Crippen molar-refractivity contribution in [2.24, 2.45) is 11.3 Å². The van der Waals surface area contributed by atoms with E-state index < -0.39 is 0 Å². The standard InChI is InChI=1S/C18H28N2O3/c1-22-14-18(7-4-8-18)17(21)19-11-15-5-2-9-20(12-15)13-16-6-3-10-23-16/h3,6,10,15H,2,4-5,7-9,11-14H2,1H3,(H,19,21)/t15-/m1/s1. The van der Waals surface area contributed by atoms with Crippen LogP contribution in [0.4, 0.5) is 0 Å². The molecule has 1 aliphatic heterocycles. The summed E-state index contributed by atoms with van der Waals surface area (Å²) in [5.41, 5.74) is -0.253. The zero-order valence-corrected chi connectivity index (χ0v) is 14.1. The van der Waals surface area contributed by atoms with E-state index in [2.05, 4.69) is 10.2 Å². The smallest absolute Gasteiger partial charge is 0.228 e. The molecule has 1 saturated heterocycles. The third kappa shape index (κ3) is 3.96. The van der Waals surface area contributed by atoms with Gasteiger partial charge in [0, 0.05) is 20.2 Å². The van der Waals surface area contributed by atoms with Crippen molar-refractivity contribution in [2.45, 2.75) is 38.6 Å². The minimum atomic E-state index is -0.253. The van der Waals surface area contributed by atoms with Crippen LogP contribution in [0.3, 0.4) is 0 Å². The minimum absolute atomic E-state index is 0.189. The maximum atomic E-state index is 12.5. The fourth-order valence-electron chi connectivity index (χ4n) is 3.83. The monoisotopic (exact) mass is 320 g/mol. The Kier molecular flexibility index (Phi) is 5.38. The van der Waals surface area contributed by atoms with Gasteiger partial charge < -0.3 is 14.5 Å². The van der Waals surface area contributed by atoms with Gasteiger partial charge in [0.2, 0.25) is 5.91 Å². The van der Waals surface area contributed by atoms with Gasteiger partial charge in [-0.05, 0) is 50.3 Å². The van der Waals surface area contributed by atoms with Crippen molar-refractivity contribution in [3.05, 3.63) is 24.2 Å². The quantitative estimate of drug-likeness (QED) is 0.838. The molecule has 2 fully saturated rings. The lowest BCUT2D eigenvalue weighted by Crippen LogP contribution is -2.50. The van der Waals surface area contributed by atoms with Crippen LogP contribution < -0.4 is 5.32 Å². The molecule has 1 amide bonds. The average molecular weight is 320 g/mol. The molecule has 1 aromatic heterocycles. The van der Waals surface area contributed by atoms with Gasteiger partial charge in [0.15, 0.2) is 0 Å². The van der Waals surface area contributed by atoms with Crippen LogP contribution >= 0.6 is 0 Å². The predicted molar refractivity (Wildman–Crippen MR) is 87.9 cm³/mol. The van der Waals surface area contributed by atoms with Crippen molar-refractivity contribution >= 4 is 5.91 Å². The summed E-state index contributed by atoms with van der Waals surface area (Å²) < 4.78 is 10.7. The maximum Gasteiger partial charge on any atom is 0.228 e. The third-order valence-corrected chi connectivity index (χ3v) is 5.33. The van der Waals surface area contributed by atoms with Crippen molar-refractivity contribution in [1.29, 1.82) is 0 Å². The van der Waals surface area contributed by atoms with E-state index in [9.17, 15) is 4.79 Å². The fourth-order valence-corrected chi connectivity index (χ4v) is 3.83. The van der Waals surface area contributed by atoms with E-state index in [4.69, 9.17) is 9.15 Å². The van der Waals surface area contributed by atoms with Crippen molar-refractivity contribution in [1.82, 2.24) is 10.2 Å². The first-order valence-electron chi connectivity index (χ1n) is 8.74. The lowest BCUT2D eigenvalue weighted by atomic mass is 9.68. The molecule has 0 radical (unpaired) electrons. The van der Waals surface area contributed by atoms with Crippen LogP contribution in [0.25, 0.3) is 0 Å². The van der Waals surface area contributed by atoms with E-state index >= 15 is 0 Å². The summed E-state index contributed by atoms with van der Waals surface area (Å²) in [5.74, 6) is 1.74. The highest BCUT2D eigenvalue weighted by molar-refractivity contribution is 5.83. The molecule has 1 aromatic rings.